The smallest absolute Gasteiger partial charge is 0.0359 e. The molecule has 16 heavy (non-hydrogen) atoms. The summed E-state index contributed by atoms with van der Waals surface area (Å²) in [6.07, 6.45) is 4.23. The van der Waals surface area contributed by atoms with Crippen molar-refractivity contribution in [1.29, 1.82) is 0 Å². The van der Waals surface area contributed by atoms with Crippen molar-refractivity contribution in [2.75, 3.05) is 38.2 Å². The van der Waals surface area contributed by atoms with Gasteiger partial charge in [0.2, 0.25) is 0 Å². The molecule has 1 heterocycles. The van der Waals surface area contributed by atoms with Crippen molar-refractivity contribution in [2.24, 2.45) is 5.92 Å². The Bertz CT molecular complexity index is 223. The van der Waals surface area contributed by atoms with Gasteiger partial charge in [-0.1, -0.05) is 13.8 Å². The lowest BCUT2D eigenvalue weighted by atomic mass is 9.94. The SMILES string of the molecule is CCCNC1CCN(CCS(C)=O)CC1C. The molecule has 3 nitrogen and oxygen atoms in total. The topological polar surface area (TPSA) is 32.3 Å². The summed E-state index contributed by atoms with van der Waals surface area (Å²) in [6.45, 7) is 8.97. The Morgan fingerprint density at radius 2 is 2.25 bits per heavy atom. The fourth-order valence-corrected chi connectivity index (χ4v) is 2.84. The second-order valence-corrected chi connectivity index (χ2v) is 6.46. The van der Waals surface area contributed by atoms with Crippen LogP contribution in [-0.2, 0) is 10.8 Å². The van der Waals surface area contributed by atoms with Crippen LogP contribution in [0.15, 0.2) is 0 Å². The summed E-state index contributed by atoms with van der Waals surface area (Å²) in [7, 11) is -0.649. The van der Waals surface area contributed by atoms with Gasteiger partial charge in [0.1, 0.15) is 0 Å². The molecular formula is C12H26N2OS. The van der Waals surface area contributed by atoms with E-state index >= 15 is 0 Å². The molecule has 0 aliphatic carbocycles. The van der Waals surface area contributed by atoms with Gasteiger partial charge >= 0.3 is 0 Å². The molecule has 3 unspecified atom stereocenters. The van der Waals surface area contributed by atoms with Crippen LogP contribution in [0, 0.1) is 5.92 Å². The summed E-state index contributed by atoms with van der Waals surface area (Å²) in [5.74, 6) is 1.53. The minimum absolute atomic E-state index is 0.649. The number of hydrogen-bond donors (Lipinski definition) is 1. The second-order valence-electron chi connectivity index (χ2n) is 4.90. The van der Waals surface area contributed by atoms with Gasteiger partial charge in [-0.2, -0.15) is 0 Å². The first-order valence-electron chi connectivity index (χ1n) is 6.39. The molecule has 0 saturated carbocycles. The molecule has 0 aromatic rings. The normalized spacial score (nSPS) is 29.2. The zero-order chi connectivity index (χ0) is 12.0. The average molecular weight is 246 g/mol. The van der Waals surface area contributed by atoms with Crippen molar-refractivity contribution in [2.45, 2.75) is 32.7 Å². The third-order valence-electron chi connectivity index (χ3n) is 3.34. The van der Waals surface area contributed by atoms with Gasteiger partial charge < -0.3 is 10.2 Å². The first-order valence-corrected chi connectivity index (χ1v) is 8.12. The fourth-order valence-electron chi connectivity index (χ4n) is 2.33. The maximum Gasteiger partial charge on any atom is 0.0359 e. The lowest BCUT2D eigenvalue weighted by Crippen LogP contribution is -2.49. The number of rotatable bonds is 6. The van der Waals surface area contributed by atoms with E-state index in [1.54, 1.807) is 6.26 Å². The van der Waals surface area contributed by atoms with E-state index in [0.29, 0.717) is 12.0 Å². The van der Waals surface area contributed by atoms with Gasteiger partial charge in [-0.25, -0.2) is 0 Å². The Kier molecular flexibility index (Phi) is 6.54. The molecule has 0 spiro atoms. The zero-order valence-electron chi connectivity index (χ0n) is 10.9. The van der Waals surface area contributed by atoms with E-state index in [0.717, 1.165) is 31.9 Å². The Morgan fingerprint density at radius 3 is 2.81 bits per heavy atom. The molecule has 0 aromatic carbocycles. The molecule has 3 atom stereocenters. The first-order chi connectivity index (χ1) is 7.63. The van der Waals surface area contributed by atoms with Gasteiger partial charge in [-0.15, -0.1) is 0 Å². The highest BCUT2D eigenvalue weighted by Gasteiger charge is 2.24. The quantitative estimate of drug-likeness (QED) is 0.761. The van der Waals surface area contributed by atoms with Crippen LogP contribution >= 0.6 is 0 Å². The predicted octanol–water partition coefficient (Wildman–Crippen LogP) is 1.07. The van der Waals surface area contributed by atoms with Crippen LogP contribution in [0.3, 0.4) is 0 Å². The van der Waals surface area contributed by atoms with E-state index in [1.807, 2.05) is 0 Å². The Hall–Kier alpha value is 0.0700. The molecule has 1 aliphatic rings. The molecule has 1 rings (SSSR count). The van der Waals surface area contributed by atoms with E-state index in [9.17, 15) is 4.21 Å². The molecule has 1 aliphatic heterocycles. The maximum absolute atomic E-state index is 11.0. The Balaban J connectivity index is 2.25. The van der Waals surface area contributed by atoms with Crippen LogP contribution in [0.5, 0.6) is 0 Å². The molecule has 0 radical (unpaired) electrons. The minimum Gasteiger partial charge on any atom is -0.314 e. The molecule has 1 N–H and O–H groups in total. The third kappa shape index (κ3) is 4.93. The lowest BCUT2D eigenvalue weighted by molar-refractivity contribution is 0.155. The van der Waals surface area contributed by atoms with Crippen LogP contribution in [0.4, 0.5) is 0 Å². The molecule has 4 heteroatoms. The number of nitrogens with one attached hydrogen (secondary N) is 1. The summed E-state index contributed by atoms with van der Waals surface area (Å²) < 4.78 is 11.0. The van der Waals surface area contributed by atoms with Crippen molar-refractivity contribution in [3.05, 3.63) is 0 Å². The van der Waals surface area contributed by atoms with Gasteiger partial charge in [0.25, 0.3) is 0 Å². The summed E-state index contributed by atoms with van der Waals surface area (Å²) in [5, 5.41) is 3.62. The summed E-state index contributed by atoms with van der Waals surface area (Å²) in [4.78, 5) is 2.45. The number of likely N-dealkylation sites (tertiary alicyclic amines) is 1. The highest BCUT2D eigenvalue weighted by Crippen LogP contribution is 2.16. The highest BCUT2D eigenvalue weighted by atomic mass is 32.2. The van der Waals surface area contributed by atoms with Crippen LogP contribution in [0.25, 0.3) is 0 Å². The van der Waals surface area contributed by atoms with Crippen LogP contribution in [0.2, 0.25) is 0 Å². The average Bonchev–Trinajstić information content (AvgIpc) is 2.25. The largest absolute Gasteiger partial charge is 0.314 e. The molecule has 0 aromatic heterocycles. The molecule has 0 amide bonds. The summed E-state index contributed by atoms with van der Waals surface area (Å²) in [6, 6.07) is 0.684. The van der Waals surface area contributed by atoms with Gasteiger partial charge in [-0.05, 0) is 31.8 Å². The standard InChI is InChI=1S/C12H26N2OS/c1-4-6-13-12-5-7-14(10-11(12)2)8-9-16(3)15/h11-13H,4-10H2,1-3H3. The van der Waals surface area contributed by atoms with Gasteiger partial charge in [0, 0.05) is 41.9 Å². The number of hydrogen-bond acceptors (Lipinski definition) is 3. The zero-order valence-corrected chi connectivity index (χ0v) is 11.7. The number of piperidine rings is 1. The predicted molar refractivity (Wildman–Crippen MR) is 71.2 cm³/mol. The van der Waals surface area contributed by atoms with Crippen LogP contribution in [0.1, 0.15) is 26.7 Å². The molecule has 1 fully saturated rings. The molecule has 1 saturated heterocycles. The van der Waals surface area contributed by atoms with Crippen molar-refractivity contribution in [1.82, 2.24) is 10.2 Å². The Labute approximate surface area is 102 Å². The molecule has 0 bridgehead atoms. The second kappa shape index (κ2) is 7.41. The third-order valence-corrected chi connectivity index (χ3v) is 4.10. The van der Waals surface area contributed by atoms with Gasteiger partial charge in [-0.3, -0.25) is 4.21 Å². The van der Waals surface area contributed by atoms with Gasteiger partial charge in [0.15, 0.2) is 0 Å². The van der Waals surface area contributed by atoms with E-state index in [-0.39, 0.29) is 0 Å². The fraction of sp³-hybridized carbons (Fsp3) is 1.00. The van der Waals surface area contributed by atoms with Crippen molar-refractivity contribution in [3.8, 4) is 0 Å². The van der Waals surface area contributed by atoms with E-state index in [2.05, 4.69) is 24.1 Å². The van der Waals surface area contributed by atoms with Gasteiger partial charge in [0.05, 0.1) is 0 Å². The van der Waals surface area contributed by atoms with Crippen LogP contribution in [-0.4, -0.2) is 53.3 Å². The molecule has 96 valence electrons. The summed E-state index contributed by atoms with van der Waals surface area (Å²) >= 11 is 0. The van der Waals surface area contributed by atoms with E-state index in [4.69, 9.17) is 0 Å². The maximum atomic E-state index is 11.0. The molecular weight excluding hydrogens is 220 g/mol. The summed E-state index contributed by atoms with van der Waals surface area (Å²) in [5.41, 5.74) is 0. The van der Waals surface area contributed by atoms with E-state index in [1.165, 1.54) is 12.8 Å². The lowest BCUT2D eigenvalue weighted by Gasteiger charge is -2.37. The van der Waals surface area contributed by atoms with Crippen molar-refractivity contribution in [3.63, 3.8) is 0 Å². The number of nitrogens with zero attached hydrogens (tertiary/aromatic N) is 1. The first kappa shape index (κ1) is 14.1. The Morgan fingerprint density at radius 1 is 1.50 bits per heavy atom. The monoisotopic (exact) mass is 246 g/mol. The van der Waals surface area contributed by atoms with E-state index < -0.39 is 10.8 Å². The van der Waals surface area contributed by atoms with Crippen molar-refractivity contribution >= 4 is 10.8 Å². The van der Waals surface area contributed by atoms with Crippen LogP contribution < -0.4 is 5.32 Å². The highest BCUT2D eigenvalue weighted by molar-refractivity contribution is 7.84. The van der Waals surface area contributed by atoms with Crippen molar-refractivity contribution < 1.29 is 4.21 Å². The minimum atomic E-state index is -0.649.